The van der Waals surface area contributed by atoms with Gasteiger partial charge in [-0.15, -0.1) is 0 Å². The summed E-state index contributed by atoms with van der Waals surface area (Å²) < 4.78 is 0. The van der Waals surface area contributed by atoms with Crippen LogP contribution in [0.4, 0.5) is 0 Å². The smallest absolute Gasteiger partial charge is 0.254 e. The molecule has 0 aliphatic carbocycles. The van der Waals surface area contributed by atoms with Crippen molar-refractivity contribution >= 4 is 11.8 Å². The van der Waals surface area contributed by atoms with Gasteiger partial charge in [-0.25, -0.2) is 0 Å². The highest BCUT2D eigenvalue weighted by atomic mass is 16.3. The standard InChI is InChI=1S/C15H19N3O3/c19-13-3-1-2-11(8-13)14(20)17-4-6-18(7-5-17)15(21)12-9-16-10-12/h1-3,8,12,16,19H,4-7,9-10H2. The number of phenols is 1. The molecule has 2 amide bonds. The number of piperazine rings is 1. The number of hydrogen-bond acceptors (Lipinski definition) is 4. The molecule has 6 heteroatoms. The van der Waals surface area contributed by atoms with E-state index in [2.05, 4.69) is 5.32 Å². The summed E-state index contributed by atoms with van der Waals surface area (Å²) in [6.45, 7) is 3.78. The number of aromatic hydroxyl groups is 1. The van der Waals surface area contributed by atoms with Crippen LogP contribution in [0.2, 0.25) is 0 Å². The highest BCUT2D eigenvalue weighted by Crippen LogP contribution is 2.16. The molecule has 2 N–H and O–H groups in total. The predicted octanol–water partition coefficient (Wildman–Crippen LogP) is -0.104. The van der Waals surface area contributed by atoms with E-state index in [9.17, 15) is 14.7 Å². The molecule has 2 aliphatic heterocycles. The highest BCUT2D eigenvalue weighted by molar-refractivity contribution is 5.94. The molecule has 0 bridgehead atoms. The van der Waals surface area contributed by atoms with Gasteiger partial charge >= 0.3 is 0 Å². The second kappa shape index (κ2) is 5.73. The summed E-state index contributed by atoms with van der Waals surface area (Å²) in [7, 11) is 0. The number of rotatable bonds is 2. The molecule has 0 aromatic heterocycles. The molecule has 2 aliphatic rings. The van der Waals surface area contributed by atoms with E-state index in [1.807, 2.05) is 4.90 Å². The lowest BCUT2D eigenvalue weighted by molar-refractivity contribution is -0.138. The Morgan fingerprint density at radius 3 is 2.33 bits per heavy atom. The minimum Gasteiger partial charge on any atom is -0.508 e. The zero-order chi connectivity index (χ0) is 14.8. The minimum atomic E-state index is -0.0942. The van der Waals surface area contributed by atoms with Crippen molar-refractivity contribution in [2.75, 3.05) is 39.3 Å². The van der Waals surface area contributed by atoms with Crippen molar-refractivity contribution in [1.29, 1.82) is 0 Å². The lowest BCUT2D eigenvalue weighted by atomic mass is 10.0. The fraction of sp³-hybridized carbons (Fsp3) is 0.467. The number of phenolic OH excluding ortho intramolecular Hbond substituents is 1. The van der Waals surface area contributed by atoms with Crippen molar-refractivity contribution in [2.45, 2.75) is 0 Å². The first kappa shape index (κ1) is 13.9. The van der Waals surface area contributed by atoms with Gasteiger partial charge in [-0.05, 0) is 18.2 Å². The van der Waals surface area contributed by atoms with Crippen molar-refractivity contribution in [3.63, 3.8) is 0 Å². The van der Waals surface area contributed by atoms with Crippen LogP contribution in [0.25, 0.3) is 0 Å². The lowest BCUT2D eigenvalue weighted by Crippen LogP contribution is -2.57. The number of nitrogens with zero attached hydrogens (tertiary/aromatic N) is 2. The Morgan fingerprint density at radius 1 is 1.10 bits per heavy atom. The van der Waals surface area contributed by atoms with Gasteiger partial charge in [0.15, 0.2) is 0 Å². The van der Waals surface area contributed by atoms with Gasteiger partial charge in [0.1, 0.15) is 5.75 Å². The van der Waals surface area contributed by atoms with E-state index in [-0.39, 0.29) is 23.5 Å². The van der Waals surface area contributed by atoms with E-state index < -0.39 is 0 Å². The van der Waals surface area contributed by atoms with Crippen LogP contribution in [0, 0.1) is 5.92 Å². The minimum absolute atomic E-state index is 0.0900. The van der Waals surface area contributed by atoms with E-state index in [1.165, 1.54) is 6.07 Å². The average Bonchev–Trinajstić information content (AvgIpc) is 2.45. The van der Waals surface area contributed by atoms with Crippen molar-refractivity contribution in [1.82, 2.24) is 15.1 Å². The second-order valence-electron chi connectivity index (χ2n) is 5.52. The van der Waals surface area contributed by atoms with Gasteiger partial charge in [0, 0.05) is 44.8 Å². The number of carbonyl (C=O) groups excluding carboxylic acids is 2. The van der Waals surface area contributed by atoms with Crippen molar-refractivity contribution in [3.05, 3.63) is 29.8 Å². The van der Waals surface area contributed by atoms with Crippen LogP contribution >= 0.6 is 0 Å². The number of amides is 2. The van der Waals surface area contributed by atoms with Gasteiger partial charge in [-0.1, -0.05) is 6.07 Å². The maximum absolute atomic E-state index is 12.3. The van der Waals surface area contributed by atoms with E-state index in [1.54, 1.807) is 23.1 Å². The summed E-state index contributed by atoms with van der Waals surface area (Å²) in [6.07, 6.45) is 0. The van der Waals surface area contributed by atoms with Gasteiger partial charge in [0.2, 0.25) is 5.91 Å². The maximum Gasteiger partial charge on any atom is 0.254 e. The number of nitrogens with one attached hydrogen (secondary N) is 1. The molecule has 0 unspecified atom stereocenters. The summed E-state index contributed by atoms with van der Waals surface area (Å²) in [5, 5.41) is 12.5. The Labute approximate surface area is 123 Å². The third-order valence-electron chi connectivity index (χ3n) is 4.10. The number of benzene rings is 1. The fourth-order valence-electron chi connectivity index (χ4n) is 2.67. The maximum atomic E-state index is 12.3. The van der Waals surface area contributed by atoms with Gasteiger partial charge in [-0.2, -0.15) is 0 Å². The molecule has 2 heterocycles. The second-order valence-corrected chi connectivity index (χ2v) is 5.52. The Kier molecular flexibility index (Phi) is 3.79. The third-order valence-corrected chi connectivity index (χ3v) is 4.10. The van der Waals surface area contributed by atoms with Crippen LogP contribution in [0.3, 0.4) is 0 Å². The summed E-state index contributed by atoms with van der Waals surface area (Å²) in [5.74, 6) is 0.298. The highest BCUT2D eigenvalue weighted by Gasteiger charge is 2.32. The largest absolute Gasteiger partial charge is 0.508 e. The third kappa shape index (κ3) is 2.85. The van der Waals surface area contributed by atoms with Crippen LogP contribution in [0.15, 0.2) is 24.3 Å². The van der Waals surface area contributed by atoms with Crippen LogP contribution in [0.1, 0.15) is 10.4 Å². The first-order chi connectivity index (χ1) is 10.1. The molecule has 1 aromatic carbocycles. The number of carbonyl (C=O) groups is 2. The molecule has 0 saturated carbocycles. The molecule has 3 rings (SSSR count). The molecule has 0 spiro atoms. The normalized spacial score (nSPS) is 19.2. The molecular formula is C15H19N3O3. The predicted molar refractivity (Wildman–Crippen MR) is 77.0 cm³/mol. The monoisotopic (exact) mass is 289 g/mol. The van der Waals surface area contributed by atoms with Crippen LogP contribution < -0.4 is 5.32 Å². The molecular weight excluding hydrogens is 270 g/mol. The quantitative estimate of drug-likeness (QED) is 0.797. The first-order valence-corrected chi connectivity index (χ1v) is 7.23. The van der Waals surface area contributed by atoms with Gasteiger partial charge in [0.05, 0.1) is 5.92 Å². The molecule has 6 nitrogen and oxygen atoms in total. The summed E-state index contributed by atoms with van der Waals surface area (Å²) in [6, 6.07) is 6.37. The van der Waals surface area contributed by atoms with Crippen molar-refractivity contribution in [2.24, 2.45) is 5.92 Å². The zero-order valence-corrected chi connectivity index (χ0v) is 11.8. The van der Waals surface area contributed by atoms with Crippen LogP contribution in [0.5, 0.6) is 5.75 Å². The van der Waals surface area contributed by atoms with E-state index in [0.717, 1.165) is 13.1 Å². The Hall–Kier alpha value is -2.08. The van der Waals surface area contributed by atoms with E-state index in [0.29, 0.717) is 31.7 Å². The summed E-state index contributed by atoms with van der Waals surface area (Å²) >= 11 is 0. The Balaban J connectivity index is 1.57. The summed E-state index contributed by atoms with van der Waals surface area (Å²) in [4.78, 5) is 28.0. The molecule has 21 heavy (non-hydrogen) atoms. The zero-order valence-electron chi connectivity index (χ0n) is 11.8. The lowest BCUT2D eigenvalue weighted by Gasteiger charge is -2.38. The topological polar surface area (TPSA) is 72.9 Å². The van der Waals surface area contributed by atoms with Gasteiger partial charge in [-0.3, -0.25) is 9.59 Å². The SMILES string of the molecule is O=C(c1cccc(O)c1)N1CCN(C(=O)C2CNC2)CC1. The molecule has 1 aromatic rings. The van der Waals surface area contributed by atoms with Crippen molar-refractivity contribution in [3.8, 4) is 5.75 Å². The van der Waals surface area contributed by atoms with Gasteiger partial charge in [0.25, 0.3) is 5.91 Å². The Morgan fingerprint density at radius 2 is 1.76 bits per heavy atom. The molecule has 0 radical (unpaired) electrons. The van der Waals surface area contributed by atoms with Crippen molar-refractivity contribution < 1.29 is 14.7 Å². The van der Waals surface area contributed by atoms with Gasteiger partial charge < -0.3 is 20.2 Å². The molecule has 2 saturated heterocycles. The summed E-state index contributed by atoms with van der Waals surface area (Å²) in [5.41, 5.74) is 0.484. The fourth-order valence-corrected chi connectivity index (χ4v) is 2.67. The molecule has 112 valence electrons. The first-order valence-electron chi connectivity index (χ1n) is 7.23. The van der Waals surface area contributed by atoms with E-state index >= 15 is 0 Å². The molecule has 0 atom stereocenters. The van der Waals surface area contributed by atoms with Crippen LogP contribution in [-0.4, -0.2) is 66.0 Å². The van der Waals surface area contributed by atoms with E-state index in [4.69, 9.17) is 0 Å². The molecule has 2 fully saturated rings. The Bertz CT molecular complexity index is 549. The average molecular weight is 289 g/mol. The van der Waals surface area contributed by atoms with Crippen LogP contribution in [-0.2, 0) is 4.79 Å². The number of hydrogen-bond donors (Lipinski definition) is 2.